The molecule has 1 spiro atoms. The average molecular weight is 265 g/mol. The second kappa shape index (κ2) is 5.82. The summed E-state index contributed by atoms with van der Waals surface area (Å²) in [4.78, 5) is 12.2. The summed E-state index contributed by atoms with van der Waals surface area (Å²) in [6.07, 6.45) is 12.0. The van der Waals surface area contributed by atoms with Gasteiger partial charge in [-0.2, -0.15) is 0 Å². The number of hydrogen-bond acceptors (Lipinski definition) is 2. The Balaban J connectivity index is 1.46. The Morgan fingerprint density at radius 3 is 2.42 bits per heavy atom. The summed E-state index contributed by atoms with van der Waals surface area (Å²) in [6.45, 7) is 1.77. The van der Waals surface area contributed by atoms with Crippen LogP contribution in [0.1, 0.15) is 64.2 Å². The van der Waals surface area contributed by atoms with E-state index < -0.39 is 0 Å². The van der Waals surface area contributed by atoms with E-state index in [4.69, 9.17) is 4.74 Å². The van der Waals surface area contributed by atoms with Gasteiger partial charge in [0.15, 0.2) is 0 Å². The highest BCUT2D eigenvalue weighted by Crippen LogP contribution is 2.48. The maximum atomic E-state index is 12.2. The first kappa shape index (κ1) is 13.4. The van der Waals surface area contributed by atoms with Crippen LogP contribution in [0.5, 0.6) is 0 Å². The molecule has 2 saturated carbocycles. The lowest BCUT2D eigenvalue weighted by molar-refractivity contribution is -0.128. The van der Waals surface area contributed by atoms with Crippen LogP contribution in [-0.4, -0.2) is 25.2 Å². The van der Waals surface area contributed by atoms with E-state index in [0.29, 0.717) is 23.3 Å². The largest absolute Gasteiger partial charge is 0.381 e. The molecule has 1 aliphatic heterocycles. The van der Waals surface area contributed by atoms with E-state index in [9.17, 15) is 4.79 Å². The zero-order valence-corrected chi connectivity index (χ0v) is 12.0. The Morgan fingerprint density at radius 2 is 1.79 bits per heavy atom. The summed E-state index contributed by atoms with van der Waals surface area (Å²) in [5.74, 6) is 0.960. The zero-order valence-electron chi connectivity index (χ0n) is 12.0. The molecule has 19 heavy (non-hydrogen) atoms. The lowest BCUT2D eigenvalue weighted by Crippen LogP contribution is -2.57. The van der Waals surface area contributed by atoms with Crippen molar-refractivity contribution < 1.29 is 9.53 Å². The molecule has 0 radical (unpaired) electrons. The van der Waals surface area contributed by atoms with Gasteiger partial charge in [-0.05, 0) is 49.9 Å². The minimum Gasteiger partial charge on any atom is -0.381 e. The number of amides is 1. The third-order valence-corrected chi connectivity index (χ3v) is 5.69. The molecule has 0 aromatic heterocycles. The molecule has 1 amide bonds. The van der Waals surface area contributed by atoms with Crippen LogP contribution in [0.4, 0.5) is 0 Å². The topological polar surface area (TPSA) is 38.3 Å². The first-order chi connectivity index (χ1) is 9.28. The maximum absolute atomic E-state index is 12.2. The number of hydrogen-bond donors (Lipinski definition) is 1. The highest BCUT2D eigenvalue weighted by molar-refractivity contribution is 5.76. The van der Waals surface area contributed by atoms with Gasteiger partial charge in [0.1, 0.15) is 0 Å². The summed E-state index contributed by atoms with van der Waals surface area (Å²) in [5.41, 5.74) is 0.389. The molecular formula is C16H27NO2. The van der Waals surface area contributed by atoms with Crippen molar-refractivity contribution in [3.63, 3.8) is 0 Å². The molecule has 0 bridgehead atoms. The van der Waals surface area contributed by atoms with Crippen LogP contribution in [-0.2, 0) is 9.53 Å². The van der Waals surface area contributed by atoms with E-state index >= 15 is 0 Å². The van der Waals surface area contributed by atoms with Gasteiger partial charge in [-0.15, -0.1) is 0 Å². The standard InChI is InChI=1S/C16H27NO2/c18-15(12-13-4-2-1-3-5-13)17-14-6-7-16(14)8-10-19-11-9-16/h13-14H,1-12H2,(H,17,18). The van der Waals surface area contributed by atoms with E-state index in [1.165, 1.54) is 44.9 Å². The van der Waals surface area contributed by atoms with Crippen molar-refractivity contribution >= 4 is 5.91 Å². The third-order valence-electron chi connectivity index (χ3n) is 5.69. The van der Waals surface area contributed by atoms with Gasteiger partial charge >= 0.3 is 0 Å². The summed E-state index contributed by atoms with van der Waals surface area (Å²) >= 11 is 0. The molecule has 108 valence electrons. The van der Waals surface area contributed by atoms with Crippen molar-refractivity contribution in [2.24, 2.45) is 11.3 Å². The van der Waals surface area contributed by atoms with E-state index in [2.05, 4.69) is 5.32 Å². The molecule has 3 rings (SSSR count). The number of ether oxygens (including phenoxy) is 1. The van der Waals surface area contributed by atoms with E-state index in [0.717, 1.165) is 32.5 Å². The minimum atomic E-state index is 0.308. The predicted molar refractivity (Wildman–Crippen MR) is 74.8 cm³/mol. The van der Waals surface area contributed by atoms with Crippen LogP contribution >= 0.6 is 0 Å². The Hall–Kier alpha value is -0.570. The van der Waals surface area contributed by atoms with Gasteiger partial charge in [0.05, 0.1) is 0 Å². The Kier molecular flexibility index (Phi) is 4.11. The van der Waals surface area contributed by atoms with Crippen LogP contribution in [0.15, 0.2) is 0 Å². The smallest absolute Gasteiger partial charge is 0.220 e. The fourth-order valence-electron chi connectivity index (χ4n) is 4.21. The SMILES string of the molecule is O=C(CC1CCCCC1)NC1CCC12CCOCC2. The van der Waals surface area contributed by atoms with Gasteiger partial charge in [-0.3, -0.25) is 4.79 Å². The quantitative estimate of drug-likeness (QED) is 0.852. The monoisotopic (exact) mass is 265 g/mol. The summed E-state index contributed by atoms with van der Waals surface area (Å²) < 4.78 is 5.46. The van der Waals surface area contributed by atoms with Gasteiger partial charge < -0.3 is 10.1 Å². The highest BCUT2D eigenvalue weighted by atomic mass is 16.5. The van der Waals surface area contributed by atoms with Crippen LogP contribution < -0.4 is 5.32 Å². The maximum Gasteiger partial charge on any atom is 0.220 e. The Morgan fingerprint density at radius 1 is 1.05 bits per heavy atom. The Bertz CT molecular complexity index is 317. The van der Waals surface area contributed by atoms with Gasteiger partial charge in [0.25, 0.3) is 0 Å². The molecule has 3 nitrogen and oxygen atoms in total. The van der Waals surface area contributed by atoms with Crippen LogP contribution in [0.3, 0.4) is 0 Å². The Labute approximate surface area is 116 Å². The fraction of sp³-hybridized carbons (Fsp3) is 0.938. The second-order valence-electron chi connectivity index (χ2n) is 6.84. The minimum absolute atomic E-state index is 0.308. The highest BCUT2D eigenvalue weighted by Gasteiger charge is 2.47. The van der Waals surface area contributed by atoms with Gasteiger partial charge in [0.2, 0.25) is 5.91 Å². The number of carbonyl (C=O) groups excluding carboxylic acids is 1. The molecule has 1 heterocycles. The summed E-state index contributed by atoms with van der Waals surface area (Å²) in [7, 11) is 0. The number of rotatable bonds is 3. The summed E-state index contributed by atoms with van der Waals surface area (Å²) in [5, 5.41) is 3.33. The number of carbonyl (C=O) groups is 1. The number of nitrogens with one attached hydrogen (secondary N) is 1. The van der Waals surface area contributed by atoms with Crippen molar-refractivity contribution in [1.82, 2.24) is 5.32 Å². The van der Waals surface area contributed by atoms with Crippen LogP contribution in [0.2, 0.25) is 0 Å². The molecule has 0 aromatic carbocycles. The first-order valence-electron chi connectivity index (χ1n) is 8.16. The van der Waals surface area contributed by atoms with Gasteiger partial charge in [-0.25, -0.2) is 0 Å². The van der Waals surface area contributed by atoms with Crippen molar-refractivity contribution in [2.75, 3.05) is 13.2 Å². The van der Waals surface area contributed by atoms with Gasteiger partial charge in [-0.1, -0.05) is 19.3 Å². The predicted octanol–water partition coefficient (Wildman–Crippen LogP) is 3.03. The summed E-state index contributed by atoms with van der Waals surface area (Å²) in [6, 6.07) is 0.437. The second-order valence-corrected chi connectivity index (χ2v) is 6.84. The van der Waals surface area contributed by atoms with Crippen molar-refractivity contribution in [2.45, 2.75) is 70.3 Å². The molecule has 3 aliphatic rings. The average Bonchev–Trinajstić information content (AvgIpc) is 2.46. The molecule has 3 heteroatoms. The van der Waals surface area contributed by atoms with Crippen molar-refractivity contribution in [3.8, 4) is 0 Å². The molecule has 3 fully saturated rings. The molecule has 1 saturated heterocycles. The molecule has 1 atom stereocenters. The fourth-order valence-corrected chi connectivity index (χ4v) is 4.21. The van der Waals surface area contributed by atoms with Crippen LogP contribution in [0.25, 0.3) is 0 Å². The third kappa shape index (κ3) is 2.96. The van der Waals surface area contributed by atoms with Gasteiger partial charge in [0, 0.05) is 25.7 Å². The lowest BCUT2D eigenvalue weighted by Gasteiger charge is -2.52. The lowest BCUT2D eigenvalue weighted by atomic mass is 9.60. The van der Waals surface area contributed by atoms with Crippen LogP contribution in [0, 0.1) is 11.3 Å². The molecule has 1 N–H and O–H groups in total. The first-order valence-corrected chi connectivity index (χ1v) is 8.16. The molecular weight excluding hydrogens is 238 g/mol. The molecule has 0 aromatic rings. The normalized spacial score (nSPS) is 30.8. The van der Waals surface area contributed by atoms with Crippen molar-refractivity contribution in [3.05, 3.63) is 0 Å². The molecule has 2 aliphatic carbocycles. The van der Waals surface area contributed by atoms with Crippen molar-refractivity contribution in [1.29, 1.82) is 0 Å². The zero-order chi connectivity index (χ0) is 13.1. The van der Waals surface area contributed by atoms with E-state index in [-0.39, 0.29) is 0 Å². The van der Waals surface area contributed by atoms with E-state index in [1.54, 1.807) is 0 Å². The molecule has 1 unspecified atom stereocenters. The van der Waals surface area contributed by atoms with E-state index in [1.807, 2.05) is 0 Å².